The molecule has 0 radical (unpaired) electrons. The van der Waals surface area contributed by atoms with Crippen LogP contribution in [0.2, 0.25) is 0 Å². The molecule has 1 aliphatic heterocycles. The molecule has 0 amide bonds. The van der Waals surface area contributed by atoms with Gasteiger partial charge in [-0.2, -0.15) is 0 Å². The molecule has 30 heavy (non-hydrogen) atoms. The Labute approximate surface area is 177 Å². The van der Waals surface area contributed by atoms with E-state index in [1.165, 1.54) is 12.8 Å². The lowest BCUT2D eigenvalue weighted by Crippen LogP contribution is -2.38. The first-order valence-electron chi connectivity index (χ1n) is 11.1. The molecule has 8 heteroatoms. The summed E-state index contributed by atoms with van der Waals surface area (Å²) in [5, 5.41) is 8.72. The summed E-state index contributed by atoms with van der Waals surface area (Å²) in [5.41, 5.74) is 8.08. The molecular weight excluding hydrogens is 380 g/mol. The summed E-state index contributed by atoms with van der Waals surface area (Å²) in [6.07, 6.45) is 8.77. The van der Waals surface area contributed by atoms with Crippen LogP contribution in [0.15, 0.2) is 24.5 Å². The lowest BCUT2D eigenvalue weighted by molar-refractivity contribution is -0.0376. The fourth-order valence-corrected chi connectivity index (χ4v) is 5.13. The van der Waals surface area contributed by atoms with E-state index in [1.807, 2.05) is 16.9 Å². The van der Waals surface area contributed by atoms with Crippen molar-refractivity contribution < 1.29 is 9.47 Å². The second kappa shape index (κ2) is 8.61. The number of likely N-dealkylation sites (tertiary alicyclic amines) is 1. The van der Waals surface area contributed by atoms with Gasteiger partial charge in [-0.1, -0.05) is 11.3 Å². The highest BCUT2D eigenvalue weighted by Crippen LogP contribution is 2.43. The molecular formula is C22H32N6O2. The summed E-state index contributed by atoms with van der Waals surface area (Å²) >= 11 is 0. The zero-order valence-corrected chi connectivity index (χ0v) is 17.7. The van der Waals surface area contributed by atoms with Crippen molar-refractivity contribution in [1.82, 2.24) is 24.9 Å². The van der Waals surface area contributed by atoms with Gasteiger partial charge in [-0.3, -0.25) is 4.90 Å². The van der Waals surface area contributed by atoms with Crippen LogP contribution in [-0.2, 0) is 22.6 Å². The number of aromatic nitrogens is 4. The number of nitrogens with two attached hydrogens (primary N) is 1. The zero-order chi connectivity index (χ0) is 20.5. The highest BCUT2D eigenvalue weighted by molar-refractivity contribution is 5.38. The smallest absolute Gasteiger partial charge is 0.127 e. The Bertz CT molecular complexity index is 854. The number of ether oxygens (including phenoxy) is 2. The van der Waals surface area contributed by atoms with Gasteiger partial charge >= 0.3 is 0 Å². The van der Waals surface area contributed by atoms with Gasteiger partial charge in [0.25, 0.3) is 0 Å². The third-order valence-electron chi connectivity index (χ3n) is 6.91. The van der Waals surface area contributed by atoms with Crippen LogP contribution >= 0.6 is 0 Å². The van der Waals surface area contributed by atoms with E-state index >= 15 is 0 Å². The van der Waals surface area contributed by atoms with E-state index in [0.717, 1.165) is 56.3 Å². The van der Waals surface area contributed by atoms with Gasteiger partial charge in [0.2, 0.25) is 0 Å². The molecule has 162 valence electrons. The quantitative estimate of drug-likeness (QED) is 0.711. The third-order valence-corrected chi connectivity index (χ3v) is 6.91. The number of pyridine rings is 1. The first-order chi connectivity index (χ1) is 14.7. The topological polar surface area (TPSA) is 91.3 Å². The Hall–Kier alpha value is -2.03. The second-order valence-electron chi connectivity index (χ2n) is 9.24. The van der Waals surface area contributed by atoms with Gasteiger partial charge < -0.3 is 15.2 Å². The van der Waals surface area contributed by atoms with Crippen molar-refractivity contribution in [1.29, 1.82) is 0 Å². The van der Waals surface area contributed by atoms with Gasteiger partial charge in [0.1, 0.15) is 11.5 Å². The monoisotopic (exact) mass is 412 g/mol. The van der Waals surface area contributed by atoms with E-state index in [4.69, 9.17) is 15.2 Å². The minimum atomic E-state index is 0.201. The Kier molecular flexibility index (Phi) is 5.71. The molecule has 2 aromatic heterocycles. The van der Waals surface area contributed by atoms with Crippen molar-refractivity contribution in [2.75, 3.05) is 32.5 Å². The third kappa shape index (κ3) is 4.36. The molecule has 3 aliphatic rings. The molecule has 1 saturated heterocycles. The van der Waals surface area contributed by atoms with Crippen LogP contribution in [-0.4, -0.2) is 57.8 Å². The predicted octanol–water partition coefficient (Wildman–Crippen LogP) is 2.28. The number of fused-ring (bicyclic) bond motifs is 1. The summed E-state index contributed by atoms with van der Waals surface area (Å²) < 4.78 is 13.7. The number of anilines is 1. The minimum absolute atomic E-state index is 0.201. The van der Waals surface area contributed by atoms with Gasteiger partial charge in [0, 0.05) is 45.1 Å². The Morgan fingerprint density at radius 1 is 1.20 bits per heavy atom. The van der Waals surface area contributed by atoms with Crippen LogP contribution in [0.1, 0.15) is 43.0 Å². The Balaban J connectivity index is 1.29. The Morgan fingerprint density at radius 3 is 2.80 bits per heavy atom. The van der Waals surface area contributed by atoms with E-state index in [1.54, 1.807) is 13.3 Å². The summed E-state index contributed by atoms with van der Waals surface area (Å²) in [6.45, 7) is 4.43. The molecule has 0 unspecified atom stereocenters. The summed E-state index contributed by atoms with van der Waals surface area (Å²) in [7, 11) is 1.69. The fourth-order valence-electron chi connectivity index (χ4n) is 5.13. The number of rotatable bonds is 8. The van der Waals surface area contributed by atoms with Crippen LogP contribution in [0.4, 0.5) is 5.82 Å². The standard InChI is InChI=1S/C22H32N6O2/c1-29-14-19-12-28(26-25-19)20-7-17-10-27(9-16-3-2-6-24-22(16)23)11-18(17)8-21(20)30-13-15-4-5-15/h2-3,6,12,15,17-18,20-21H,4-5,7-11,13-14H2,1H3,(H2,23,24)/t17-,18+,20-,21-/m1/s1. The van der Waals surface area contributed by atoms with Crippen LogP contribution < -0.4 is 5.73 Å². The number of nitrogen functional groups attached to an aromatic ring is 1. The Morgan fingerprint density at radius 2 is 2.03 bits per heavy atom. The van der Waals surface area contributed by atoms with Crippen molar-refractivity contribution in [3.8, 4) is 0 Å². The maximum absolute atomic E-state index is 6.46. The first-order valence-corrected chi connectivity index (χ1v) is 11.1. The highest BCUT2D eigenvalue weighted by atomic mass is 16.5. The van der Waals surface area contributed by atoms with Crippen molar-refractivity contribution in [3.63, 3.8) is 0 Å². The lowest BCUT2D eigenvalue weighted by atomic mass is 9.77. The van der Waals surface area contributed by atoms with Gasteiger partial charge in [0.15, 0.2) is 0 Å². The van der Waals surface area contributed by atoms with Crippen molar-refractivity contribution >= 4 is 5.82 Å². The lowest BCUT2D eigenvalue weighted by Gasteiger charge is -2.37. The number of hydrogen-bond acceptors (Lipinski definition) is 7. The van der Waals surface area contributed by atoms with Gasteiger partial charge in [-0.05, 0) is 49.5 Å². The predicted molar refractivity (Wildman–Crippen MR) is 112 cm³/mol. The van der Waals surface area contributed by atoms with Gasteiger partial charge in [0.05, 0.1) is 24.9 Å². The molecule has 2 aromatic rings. The molecule has 0 spiro atoms. The molecule has 3 fully saturated rings. The number of methoxy groups -OCH3 is 1. The molecule has 2 saturated carbocycles. The maximum Gasteiger partial charge on any atom is 0.127 e. The molecule has 2 N–H and O–H groups in total. The molecule has 4 atom stereocenters. The van der Waals surface area contributed by atoms with E-state index < -0.39 is 0 Å². The van der Waals surface area contributed by atoms with E-state index in [2.05, 4.69) is 26.3 Å². The SMILES string of the molecule is COCc1cn([C@@H]2C[C@@H]3CN(Cc4cccnc4N)C[C@@H]3C[C@H]2OCC2CC2)nn1. The molecule has 3 heterocycles. The molecule has 2 aliphatic carbocycles. The highest BCUT2D eigenvalue weighted by Gasteiger charge is 2.44. The number of nitrogens with zero attached hydrogens (tertiary/aromatic N) is 5. The van der Waals surface area contributed by atoms with Crippen LogP contribution in [0, 0.1) is 17.8 Å². The largest absolute Gasteiger partial charge is 0.383 e. The molecule has 0 bridgehead atoms. The maximum atomic E-state index is 6.46. The molecule has 8 nitrogen and oxygen atoms in total. The average Bonchev–Trinajstić information content (AvgIpc) is 3.31. The first kappa shape index (κ1) is 19.9. The fraction of sp³-hybridized carbons (Fsp3) is 0.682. The normalized spacial score (nSPS) is 29.2. The van der Waals surface area contributed by atoms with E-state index in [9.17, 15) is 0 Å². The molecule has 5 rings (SSSR count). The summed E-state index contributed by atoms with van der Waals surface area (Å²) in [6, 6.07) is 4.29. The van der Waals surface area contributed by atoms with Gasteiger partial charge in [-0.25, -0.2) is 9.67 Å². The van der Waals surface area contributed by atoms with Crippen molar-refractivity contribution in [2.24, 2.45) is 17.8 Å². The second-order valence-corrected chi connectivity index (χ2v) is 9.24. The van der Waals surface area contributed by atoms with Crippen LogP contribution in [0.3, 0.4) is 0 Å². The minimum Gasteiger partial charge on any atom is -0.383 e. The van der Waals surface area contributed by atoms with Crippen molar-refractivity contribution in [2.45, 2.75) is 51.0 Å². The zero-order valence-electron chi connectivity index (χ0n) is 17.7. The van der Waals surface area contributed by atoms with Gasteiger partial charge in [-0.15, -0.1) is 5.10 Å². The average molecular weight is 413 g/mol. The summed E-state index contributed by atoms with van der Waals surface area (Å²) in [5.74, 6) is 2.70. The van der Waals surface area contributed by atoms with Crippen molar-refractivity contribution in [3.05, 3.63) is 35.8 Å². The van der Waals surface area contributed by atoms with Crippen LogP contribution in [0.25, 0.3) is 0 Å². The van der Waals surface area contributed by atoms with E-state index in [0.29, 0.717) is 24.3 Å². The molecule has 0 aromatic carbocycles. The van der Waals surface area contributed by atoms with E-state index in [-0.39, 0.29) is 12.1 Å². The summed E-state index contributed by atoms with van der Waals surface area (Å²) in [4.78, 5) is 6.77. The number of hydrogen-bond donors (Lipinski definition) is 1. The van der Waals surface area contributed by atoms with Crippen LogP contribution in [0.5, 0.6) is 0 Å².